The Kier molecular flexibility index (Phi) is 2.43. The predicted molar refractivity (Wildman–Crippen MR) is 60.6 cm³/mol. The second-order valence-electron chi connectivity index (χ2n) is 3.89. The molecular formula is C13H14FN. The Morgan fingerprint density at radius 1 is 1.20 bits per heavy atom. The van der Waals surface area contributed by atoms with Crippen LogP contribution in [0.5, 0.6) is 0 Å². The van der Waals surface area contributed by atoms with Gasteiger partial charge in [0.2, 0.25) is 0 Å². The Balaban J connectivity index is 2.84. The molecule has 0 spiro atoms. The standard InChI is InChI=1S/C13H14FN/c1-4-10-6-9(3)15-13-7-12(14)8(2)5-11(10)13/h5-7H,4H2,1-3H3. The smallest absolute Gasteiger partial charge is 0.128 e. The third kappa shape index (κ3) is 1.72. The molecule has 0 N–H and O–H groups in total. The summed E-state index contributed by atoms with van der Waals surface area (Å²) < 4.78 is 13.4. The van der Waals surface area contributed by atoms with Gasteiger partial charge in [-0.2, -0.15) is 0 Å². The maximum absolute atomic E-state index is 13.4. The second kappa shape index (κ2) is 3.61. The van der Waals surface area contributed by atoms with Crippen molar-refractivity contribution >= 4 is 10.9 Å². The van der Waals surface area contributed by atoms with Gasteiger partial charge in [0.05, 0.1) is 5.52 Å². The number of fused-ring (bicyclic) bond motifs is 1. The first-order valence-electron chi connectivity index (χ1n) is 5.18. The highest BCUT2D eigenvalue weighted by Crippen LogP contribution is 2.22. The number of aromatic nitrogens is 1. The fraction of sp³-hybridized carbons (Fsp3) is 0.308. The van der Waals surface area contributed by atoms with E-state index < -0.39 is 0 Å². The lowest BCUT2D eigenvalue weighted by atomic mass is 10.0. The van der Waals surface area contributed by atoms with E-state index in [1.165, 1.54) is 11.6 Å². The highest BCUT2D eigenvalue weighted by molar-refractivity contribution is 5.83. The fourth-order valence-corrected chi connectivity index (χ4v) is 1.87. The molecule has 0 aliphatic heterocycles. The summed E-state index contributed by atoms with van der Waals surface area (Å²) in [7, 11) is 0. The lowest BCUT2D eigenvalue weighted by Gasteiger charge is -2.07. The number of pyridine rings is 1. The number of nitrogens with zero attached hydrogens (tertiary/aromatic N) is 1. The monoisotopic (exact) mass is 203 g/mol. The van der Waals surface area contributed by atoms with Gasteiger partial charge in [0.1, 0.15) is 5.82 Å². The van der Waals surface area contributed by atoms with Gasteiger partial charge < -0.3 is 0 Å². The molecule has 15 heavy (non-hydrogen) atoms. The average molecular weight is 203 g/mol. The minimum absolute atomic E-state index is 0.178. The number of hydrogen-bond acceptors (Lipinski definition) is 1. The summed E-state index contributed by atoms with van der Waals surface area (Å²) in [5.41, 5.74) is 3.63. The van der Waals surface area contributed by atoms with Crippen LogP contribution in [-0.2, 0) is 6.42 Å². The molecule has 0 bridgehead atoms. The number of rotatable bonds is 1. The number of aryl methyl sites for hydroxylation is 3. The second-order valence-corrected chi connectivity index (χ2v) is 3.89. The maximum atomic E-state index is 13.4. The first-order chi connectivity index (χ1) is 7.11. The number of hydrogen-bond donors (Lipinski definition) is 0. The Labute approximate surface area is 89.0 Å². The molecule has 78 valence electrons. The average Bonchev–Trinajstić information content (AvgIpc) is 2.19. The van der Waals surface area contributed by atoms with E-state index in [4.69, 9.17) is 0 Å². The zero-order valence-corrected chi connectivity index (χ0v) is 9.26. The van der Waals surface area contributed by atoms with E-state index in [2.05, 4.69) is 18.0 Å². The van der Waals surface area contributed by atoms with Crippen LogP contribution in [-0.4, -0.2) is 4.98 Å². The van der Waals surface area contributed by atoms with E-state index in [0.29, 0.717) is 5.56 Å². The Morgan fingerprint density at radius 3 is 2.60 bits per heavy atom. The number of benzene rings is 1. The van der Waals surface area contributed by atoms with Gasteiger partial charge in [-0.15, -0.1) is 0 Å². The molecule has 0 fully saturated rings. The largest absolute Gasteiger partial charge is 0.253 e. The molecule has 2 heteroatoms. The number of halogens is 1. The molecule has 0 amide bonds. The molecular weight excluding hydrogens is 189 g/mol. The molecule has 0 saturated heterocycles. The molecule has 0 aliphatic rings. The van der Waals surface area contributed by atoms with E-state index in [-0.39, 0.29) is 5.82 Å². The summed E-state index contributed by atoms with van der Waals surface area (Å²) in [6.07, 6.45) is 0.949. The Bertz CT molecular complexity index is 517. The van der Waals surface area contributed by atoms with Crippen LogP contribution >= 0.6 is 0 Å². The molecule has 0 atom stereocenters. The molecule has 1 nitrogen and oxygen atoms in total. The minimum atomic E-state index is -0.178. The Morgan fingerprint density at radius 2 is 1.93 bits per heavy atom. The highest BCUT2D eigenvalue weighted by Gasteiger charge is 2.06. The van der Waals surface area contributed by atoms with E-state index in [1.54, 1.807) is 6.92 Å². The quantitative estimate of drug-likeness (QED) is 0.690. The maximum Gasteiger partial charge on any atom is 0.128 e. The molecule has 0 unspecified atom stereocenters. The van der Waals surface area contributed by atoms with Gasteiger partial charge in [-0.25, -0.2) is 4.39 Å². The normalized spacial score (nSPS) is 10.9. The zero-order chi connectivity index (χ0) is 11.0. The van der Waals surface area contributed by atoms with Crippen LogP contribution in [0.3, 0.4) is 0 Å². The van der Waals surface area contributed by atoms with Gasteiger partial charge in [-0.05, 0) is 43.5 Å². The Hall–Kier alpha value is -1.44. The van der Waals surface area contributed by atoms with Crippen LogP contribution in [0.4, 0.5) is 4.39 Å². The molecule has 0 saturated carbocycles. The van der Waals surface area contributed by atoms with Gasteiger partial charge in [-0.3, -0.25) is 4.98 Å². The van der Waals surface area contributed by atoms with Crippen LogP contribution in [0.2, 0.25) is 0 Å². The van der Waals surface area contributed by atoms with Crippen LogP contribution in [0.25, 0.3) is 10.9 Å². The van der Waals surface area contributed by atoms with Crippen molar-refractivity contribution in [2.45, 2.75) is 27.2 Å². The third-order valence-corrected chi connectivity index (χ3v) is 2.68. The summed E-state index contributed by atoms with van der Waals surface area (Å²) in [6.45, 7) is 5.83. The first-order valence-corrected chi connectivity index (χ1v) is 5.18. The van der Waals surface area contributed by atoms with Crippen LogP contribution in [0, 0.1) is 19.7 Å². The van der Waals surface area contributed by atoms with Crippen LogP contribution in [0.1, 0.15) is 23.7 Å². The molecule has 2 rings (SSSR count). The van der Waals surface area contributed by atoms with Crippen LogP contribution in [0.15, 0.2) is 18.2 Å². The summed E-state index contributed by atoms with van der Waals surface area (Å²) in [4.78, 5) is 4.35. The van der Waals surface area contributed by atoms with Crippen LogP contribution < -0.4 is 0 Å². The lowest BCUT2D eigenvalue weighted by Crippen LogP contribution is -1.93. The van der Waals surface area contributed by atoms with Crippen molar-refractivity contribution in [2.24, 2.45) is 0 Å². The third-order valence-electron chi connectivity index (χ3n) is 2.68. The van der Waals surface area contributed by atoms with Crippen molar-refractivity contribution in [3.63, 3.8) is 0 Å². The molecule has 1 heterocycles. The van der Waals surface area contributed by atoms with Crippen molar-refractivity contribution in [1.29, 1.82) is 0 Å². The topological polar surface area (TPSA) is 12.9 Å². The van der Waals surface area contributed by atoms with Crippen molar-refractivity contribution in [1.82, 2.24) is 4.98 Å². The molecule has 0 aliphatic carbocycles. The lowest BCUT2D eigenvalue weighted by molar-refractivity contribution is 0.620. The molecule has 1 aromatic heterocycles. The van der Waals surface area contributed by atoms with E-state index in [9.17, 15) is 4.39 Å². The summed E-state index contributed by atoms with van der Waals surface area (Å²) >= 11 is 0. The van der Waals surface area contributed by atoms with Gasteiger partial charge in [0, 0.05) is 17.1 Å². The SMILES string of the molecule is CCc1cc(C)nc2cc(F)c(C)cc12. The molecule has 2 aromatic rings. The van der Waals surface area contributed by atoms with E-state index in [1.807, 2.05) is 13.0 Å². The van der Waals surface area contributed by atoms with Crippen molar-refractivity contribution in [2.75, 3.05) is 0 Å². The summed E-state index contributed by atoms with van der Waals surface area (Å²) in [5.74, 6) is -0.178. The van der Waals surface area contributed by atoms with Gasteiger partial charge >= 0.3 is 0 Å². The first kappa shape index (κ1) is 10.1. The van der Waals surface area contributed by atoms with Gasteiger partial charge in [0.15, 0.2) is 0 Å². The van der Waals surface area contributed by atoms with Crippen molar-refractivity contribution in [3.8, 4) is 0 Å². The van der Waals surface area contributed by atoms with Gasteiger partial charge in [0.25, 0.3) is 0 Å². The fourth-order valence-electron chi connectivity index (χ4n) is 1.87. The summed E-state index contributed by atoms with van der Waals surface area (Å²) in [6, 6.07) is 5.48. The van der Waals surface area contributed by atoms with Crippen molar-refractivity contribution < 1.29 is 4.39 Å². The molecule has 1 aromatic carbocycles. The minimum Gasteiger partial charge on any atom is -0.253 e. The molecule has 0 radical (unpaired) electrons. The summed E-state index contributed by atoms with van der Waals surface area (Å²) in [5, 5.41) is 1.07. The van der Waals surface area contributed by atoms with E-state index in [0.717, 1.165) is 23.0 Å². The van der Waals surface area contributed by atoms with Gasteiger partial charge in [-0.1, -0.05) is 6.92 Å². The van der Waals surface area contributed by atoms with Crippen molar-refractivity contribution in [3.05, 3.63) is 40.8 Å². The zero-order valence-electron chi connectivity index (χ0n) is 9.26. The predicted octanol–water partition coefficient (Wildman–Crippen LogP) is 3.55. The highest BCUT2D eigenvalue weighted by atomic mass is 19.1. The van der Waals surface area contributed by atoms with E-state index >= 15 is 0 Å².